The summed E-state index contributed by atoms with van der Waals surface area (Å²) >= 11 is 7.58. The molecular formula is C24H16ClNO4S. The molecule has 1 aliphatic rings. The minimum absolute atomic E-state index is 0.00502. The van der Waals surface area contributed by atoms with Gasteiger partial charge in [-0.25, -0.2) is 0 Å². The molecule has 0 saturated carbocycles. The number of hydrogen-bond acceptors (Lipinski definition) is 5. The van der Waals surface area contributed by atoms with Crippen LogP contribution in [0.4, 0.5) is 5.69 Å². The molecule has 1 amide bonds. The van der Waals surface area contributed by atoms with Crippen molar-refractivity contribution < 1.29 is 19.1 Å². The van der Waals surface area contributed by atoms with E-state index in [1.807, 2.05) is 36.6 Å². The van der Waals surface area contributed by atoms with E-state index in [2.05, 4.69) is 0 Å². The monoisotopic (exact) mass is 449 g/mol. The first-order chi connectivity index (χ1) is 15.0. The van der Waals surface area contributed by atoms with E-state index < -0.39 is 23.5 Å². The Kier molecular flexibility index (Phi) is 4.68. The van der Waals surface area contributed by atoms with Gasteiger partial charge in [0.15, 0.2) is 11.5 Å². The van der Waals surface area contributed by atoms with Gasteiger partial charge in [-0.15, -0.1) is 11.3 Å². The Morgan fingerprint density at radius 3 is 2.65 bits per heavy atom. The summed E-state index contributed by atoms with van der Waals surface area (Å²) in [5.41, 5.74) is 1.97. The first-order valence-corrected chi connectivity index (χ1v) is 10.8. The maximum absolute atomic E-state index is 13.5. The molecule has 5 rings (SSSR count). The molecule has 3 heterocycles. The van der Waals surface area contributed by atoms with Crippen molar-refractivity contribution >= 4 is 51.3 Å². The number of fused-ring (bicyclic) bond motifs is 1. The summed E-state index contributed by atoms with van der Waals surface area (Å²) in [7, 11) is 0. The summed E-state index contributed by atoms with van der Waals surface area (Å²) in [5, 5.41) is 13.9. The lowest BCUT2D eigenvalue weighted by atomic mass is 9.98. The third-order valence-electron chi connectivity index (χ3n) is 5.34. The number of thiophene rings is 1. The van der Waals surface area contributed by atoms with Crippen LogP contribution in [0.5, 0.6) is 0 Å². The minimum Gasteiger partial charge on any atom is -0.503 e. The predicted octanol–water partition coefficient (Wildman–Crippen LogP) is 6.24. The van der Waals surface area contributed by atoms with Crippen LogP contribution in [0.15, 0.2) is 81.8 Å². The largest absolute Gasteiger partial charge is 0.503 e. The number of amides is 1. The van der Waals surface area contributed by atoms with E-state index in [0.29, 0.717) is 16.3 Å². The fourth-order valence-electron chi connectivity index (χ4n) is 3.87. The topological polar surface area (TPSA) is 70.7 Å². The SMILES string of the molecule is Cc1ccsc1C1C(C(=O)c2cc3ccccc3o2)=C(O)C(=O)N1c1cccc(Cl)c1. The van der Waals surface area contributed by atoms with E-state index >= 15 is 0 Å². The van der Waals surface area contributed by atoms with Gasteiger partial charge in [0.2, 0.25) is 5.78 Å². The van der Waals surface area contributed by atoms with Crippen molar-refractivity contribution in [3.05, 3.63) is 98.6 Å². The molecule has 5 nitrogen and oxygen atoms in total. The number of furan rings is 1. The van der Waals surface area contributed by atoms with E-state index in [9.17, 15) is 14.7 Å². The summed E-state index contributed by atoms with van der Waals surface area (Å²) in [6.45, 7) is 1.91. The van der Waals surface area contributed by atoms with Gasteiger partial charge in [-0.1, -0.05) is 35.9 Å². The summed E-state index contributed by atoms with van der Waals surface area (Å²) in [6.07, 6.45) is 0. The predicted molar refractivity (Wildman–Crippen MR) is 121 cm³/mol. The van der Waals surface area contributed by atoms with Gasteiger partial charge >= 0.3 is 0 Å². The number of aryl methyl sites for hydroxylation is 1. The second-order valence-electron chi connectivity index (χ2n) is 7.27. The van der Waals surface area contributed by atoms with Crippen molar-refractivity contribution in [3.63, 3.8) is 0 Å². The molecule has 1 unspecified atom stereocenters. The first kappa shape index (κ1) is 19.6. The molecule has 154 valence electrons. The second kappa shape index (κ2) is 7.41. The Labute approximate surface area is 186 Å². The Bertz CT molecular complexity index is 1350. The van der Waals surface area contributed by atoms with Crippen LogP contribution in [0.3, 0.4) is 0 Å². The summed E-state index contributed by atoms with van der Waals surface area (Å²) in [6, 6.07) is 16.8. The zero-order valence-corrected chi connectivity index (χ0v) is 17.9. The van der Waals surface area contributed by atoms with Crippen molar-refractivity contribution in [3.8, 4) is 0 Å². The smallest absolute Gasteiger partial charge is 0.294 e. The molecule has 1 N–H and O–H groups in total. The van der Waals surface area contributed by atoms with Gasteiger partial charge in [0.1, 0.15) is 11.6 Å². The third kappa shape index (κ3) is 3.15. The van der Waals surface area contributed by atoms with Crippen molar-refractivity contribution in [1.29, 1.82) is 0 Å². The van der Waals surface area contributed by atoms with E-state index in [1.165, 1.54) is 16.2 Å². The molecule has 31 heavy (non-hydrogen) atoms. The minimum atomic E-state index is -0.785. The number of rotatable bonds is 4. The van der Waals surface area contributed by atoms with Crippen molar-refractivity contribution in [2.24, 2.45) is 0 Å². The number of anilines is 1. The summed E-state index contributed by atoms with van der Waals surface area (Å²) in [5.74, 6) is -1.69. The number of Topliss-reactive ketones (excluding diaryl/α,β-unsaturated/α-hetero) is 1. The van der Waals surface area contributed by atoms with Gasteiger partial charge in [-0.2, -0.15) is 0 Å². The van der Waals surface area contributed by atoms with Crippen LogP contribution in [0.2, 0.25) is 5.02 Å². The number of halogens is 1. The molecule has 1 aliphatic heterocycles. The lowest BCUT2D eigenvalue weighted by Gasteiger charge is -2.26. The maximum atomic E-state index is 13.5. The van der Waals surface area contributed by atoms with Crippen LogP contribution >= 0.6 is 22.9 Å². The van der Waals surface area contributed by atoms with E-state index in [0.717, 1.165) is 15.8 Å². The van der Waals surface area contributed by atoms with Crippen molar-refractivity contribution in [2.45, 2.75) is 13.0 Å². The first-order valence-electron chi connectivity index (χ1n) is 9.55. The number of ketones is 1. The summed E-state index contributed by atoms with van der Waals surface area (Å²) in [4.78, 5) is 28.9. The average Bonchev–Trinajstić information content (AvgIpc) is 3.44. The van der Waals surface area contributed by atoms with Crippen molar-refractivity contribution in [1.82, 2.24) is 0 Å². The van der Waals surface area contributed by atoms with Gasteiger partial charge < -0.3 is 9.52 Å². The molecule has 0 aliphatic carbocycles. The van der Waals surface area contributed by atoms with E-state index in [4.69, 9.17) is 16.0 Å². The molecule has 0 spiro atoms. The number of nitrogens with zero attached hydrogens (tertiary/aromatic N) is 1. The number of carbonyl (C=O) groups excluding carboxylic acids is 2. The number of para-hydroxylation sites is 1. The molecule has 0 radical (unpaired) electrons. The lowest BCUT2D eigenvalue weighted by Crippen LogP contribution is -2.30. The highest BCUT2D eigenvalue weighted by Crippen LogP contribution is 2.45. The standard InChI is InChI=1S/C24H16ClNO4S/c1-13-9-10-31-23(13)20-19(21(27)18-11-14-5-2-3-8-17(14)30-18)22(28)24(29)26(20)16-7-4-6-15(25)12-16/h2-12,20,28H,1H3. The molecule has 4 aromatic rings. The molecule has 2 aromatic heterocycles. The molecular weight excluding hydrogens is 434 g/mol. The van der Waals surface area contributed by atoms with Gasteiger partial charge in [0, 0.05) is 21.0 Å². The Morgan fingerprint density at radius 2 is 1.94 bits per heavy atom. The van der Waals surface area contributed by atoms with E-state index in [-0.39, 0.29) is 11.3 Å². The molecule has 1 atom stereocenters. The second-order valence-corrected chi connectivity index (χ2v) is 8.65. The van der Waals surface area contributed by atoms with Gasteiger partial charge in [0.05, 0.1) is 5.57 Å². The molecule has 7 heteroatoms. The average molecular weight is 450 g/mol. The molecule has 0 bridgehead atoms. The van der Waals surface area contributed by atoms with Crippen LogP contribution in [0.25, 0.3) is 11.0 Å². The van der Waals surface area contributed by atoms with Gasteiger partial charge in [-0.05, 0) is 54.3 Å². The zero-order valence-electron chi connectivity index (χ0n) is 16.3. The highest BCUT2D eigenvalue weighted by molar-refractivity contribution is 7.10. The quantitative estimate of drug-likeness (QED) is 0.374. The highest BCUT2D eigenvalue weighted by atomic mass is 35.5. The maximum Gasteiger partial charge on any atom is 0.294 e. The number of carbonyl (C=O) groups is 2. The van der Waals surface area contributed by atoms with Gasteiger partial charge in [-0.3, -0.25) is 14.5 Å². The fraction of sp³-hybridized carbons (Fsp3) is 0.0833. The molecule has 2 aromatic carbocycles. The van der Waals surface area contributed by atoms with Crippen LogP contribution in [-0.4, -0.2) is 16.8 Å². The fourth-order valence-corrected chi connectivity index (χ4v) is 5.08. The van der Waals surface area contributed by atoms with Crippen LogP contribution in [0, 0.1) is 6.92 Å². The third-order valence-corrected chi connectivity index (χ3v) is 6.64. The van der Waals surface area contributed by atoms with Crippen LogP contribution < -0.4 is 4.90 Å². The Balaban J connectivity index is 1.68. The van der Waals surface area contributed by atoms with Crippen molar-refractivity contribution in [2.75, 3.05) is 4.90 Å². The zero-order chi connectivity index (χ0) is 21.7. The molecule has 0 fully saturated rings. The highest BCUT2D eigenvalue weighted by Gasteiger charge is 2.46. The number of benzene rings is 2. The van der Waals surface area contributed by atoms with Crippen LogP contribution in [-0.2, 0) is 4.79 Å². The normalized spacial score (nSPS) is 16.5. The Hall–Kier alpha value is -3.35. The lowest BCUT2D eigenvalue weighted by molar-refractivity contribution is -0.117. The Morgan fingerprint density at radius 1 is 1.13 bits per heavy atom. The van der Waals surface area contributed by atoms with Crippen LogP contribution in [0.1, 0.15) is 27.0 Å². The summed E-state index contributed by atoms with van der Waals surface area (Å²) < 4.78 is 5.74. The number of aliphatic hydroxyl groups is 1. The molecule has 0 saturated heterocycles. The van der Waals surface area contributed by atoms with Gasteiger partial charge in [0.25, 0.3) is 5.91 Å². The van der Waals surface area contributed by atoms with E-state index in [1.54, 1.807) is 36.4 Å². The number of hydrogen-bond donors (Lipinski definition) is 1. The number of aliphatic hydroxyl groups excluding tert-OH is 1.